The standard InChI is InChI=1S/C11H15NO2.C6H5.CH4.Bi.H2/c1-10(2,13)8-6-5-7-9(12-8)11(3,4)14;1-2-4-6-5-3-1;;;/h5-7H,1-4H3;1-5H;1H4;;1H/q-2;;;+2;. The maximum absolute atomic E-state index is 11.6. The average Bonchev–Trinajstić information content (AvgIpc) is 2.40. The van der Waals surface area contributed by atoms with E-state index in [0.717, 1.165) is 0 Å². The number of pyridine rings is 1. The minimum Gasteiger partial charge on any atom is -0.845 e. The Bertz CT molecular complexity index is 467. The van der Waals surface area contributed by atoms with Gasteiger partial charge in [0.05, 0.1) is 0 Å². The Balaban J connectivity index is -0.000000382. The van der Waals surface area contributed by atoms with Crippen LogP contribution in [0.4, 0.5) is 0 Å². The molecule has 22 heavy (non-hydrogen) atoms. The molecule has 0 N–H and O–H groups in total. The van der Waals surface area contributed by atoms with Crippen molar-refractivity contribution in [3.8, 4) is 0 Å². The Kier molecular flexibility index (Phi) is 10.7. The summed E-state index contributed by atoms with van der Waals surface area (Å²) in [6, 6.07) is 17.5. The van der Waals surface area contributed by atoms with Crippen molar-refractivity contribution < 1.29 is 11.6 Å². The van der Waals surface area contributed by atoms with Gasteiger partial charge in [0.15, 0.2) is 0 Å². The fourth-order valence-electron chi connectivity index (χ4n) is 1.45. The normalized spacial score (nSPS) is 10.5. The quantitative estimate of drug-likeness (QED) is 0.599. The first-order valence-electron chi connectivity index (χ1n) is 6.51. The molecule has 120 valence electrons. The van der Waals surface area contributed by atoms with Gasteiger partial charge in [-0.05, 0) is 18.2 Å². The molecule has 1 aromatic carbocycles. The van der Waals surface area contributed by atoms with Crippen LogP contribution >= 0.6 is 0 Å². The second-order valence-corrected chi connectivity index (χ2v) is 5.51. The van der Waals surface area contributed by atoms with Gasteiger partial charge in [-0.15, -0.1) is 0 Å². The molecule has 0 aliphatic heterocycles. The molecule has 2 rings (SSSR count). The van der Waals surface area contributed by atoms with E-state index in [0.29, 0.717) is 11.4 Å². The molecule has 0 unspecified atom stereocenters. The molecule has 0 bridgehead atoms. The first kappa shape index (κ1) is 23.4. The zero-order chi connectivity index (χ0) is 15.2. The van der Waals surface area contributed by atoms with Gasteiger partial charge in [0.25, 0.3) is 0 Å². The van der Waals surface area contributed by atoms with E-state index in [4.69, 9.17) is 0 Å². The molecule has 0 aliphatic rings. The minimum atomic E-state index is -1.25. The van der Waals surface area contributed by atoms with Gasteiger partial charge >= 0.3 is 26.2 Å². The Morgan fingerprint density at radius 1 is 0.864 bits per heavy atom. The minimum absolute atomic E-state index is 0. The van der Waals surface area contributed by atoms with Crippen LogP contribution in [-0.4, -0.2) is 31.2 Å². The van der Waals surface area contributed by atoms with Crippen molar-refractivity contribution in [1.29, 1.82) is 0 Å². The van der Waals surface area contributed by atoms with Crippen LogP contribution in [0.3, 0.4) is 0 Å². The molecule has 0 atom stereocenters. The summed E-state index contributed by atoms with van der Waals surface area (Å²) in [5.74, 6) is 0. The smallest absolute Gasteiger partial charge is 0.845 e. The van der Waals surface area contributed by atoms with Crippen molar-refractivity contribution >= 4 is 26.2 Å². The number of nitrogens with zero attached hydrogens (tertiary/aromatic N) is 1. The molecule has 4 radical (unpaired) electrons. The Hall–Kier alpha value is -0.827. The van der Waals surface area contributed by atoms with Crippen LogP contribution in [0.1, 0.15) is 47.9 Å². The van der Waals surface area contributed by atoms with Gasteiger partial charge < -0.3 is 10.2 Å². The second kappa shape index (κ2) is 10.0. The van der Waals surface area contributed by atoms with Crippen molar-refractivity contribution in [2.45, 2.75) is 46.3 Å². The summed E-state index contributed by atoms with van der Waals surface area (Å²) in [6.45, 7) is 6.15. The van der Waals surface area contributed by atoms with Crippen LogP contribution in [-0.2, 0) is 11.2 Å². The van der Waals surface area contributed by atoms with Crippen molar-refractivity contribution in [2.75, 3.05) is 0 Å². The first-order valence-corrected chi connectivity index (χ1v) is 6.51. The third-order valence-corrected chi connectivity index (χ3v) is 2.59. The number of rotatable bonds is 2. The van der Waals surface area contributed by atoms with Crippen LogP contribution in [0.15, 0.2) is 48.5 Å². The number of aromatic nitrogens is 1. The van der Waals surface area contributed by atoms with Gasteiger partial charge in [0, 0.05) is 12.8 Å². The SMILES string of the molecule is C.CC(C)([O-])c1cccc(C(C)(C)[O-])n1.[Bi+2].[HH].[c]1ccccc1. The molecular weight excluding hydrogens is 471 g/mol. The van der Waals surface area contributed by atoms with Gasteiger partial charge in [-0.2, -0.15) is 0 Å². The summed E-state index contributed by atoms with van der Waals surface area (Å²) >= 11 is 0. The van der Waals surface area contributed by atoms with E-state index in [1.165, 1.54) is 27.7 Å². The van der Waals surface area contributed by atoms with Gasteiger partial charge in [0.2, 0.25) is 0 Å². The monoisotopic (exact) mass is 497 g/mol. The zero-order valence-corrected chi connectivity index (χ0v) is 16.3. The number of hydrogen-bond acceptors (Lipinski definition) is 3. The largest absolute Gasteiger partial charge is 2.00 e. The van der Waals surface area contributed by atoms with Crippen molar-refractivity contribution in [3.63, 3.8) is 0 Å². The van der Waals surface area contributed by atoms with Crippen LogP contribution in [0.5, 0.6) is 0 Å². The summed E-state index contributed by atoms with van der Waals surface area (Å²) in [5, 5.41) is 23.2. The van der Waals surface area contributed by atoms with Gasteiger partial charge in [-0.25, -0.2) is 0 Å². The van der Waals surface area contributed by atoms with E-state index in [9.17, 15) is 10.2 Å². The molecule has 3 nitrogen and oxygen atoms in total. The maximum Gasteiger partial charge on any atom is 2.00 e. The molecule has 0 saturated carbocycles. The molecule has 0 spiro atoms. The molecule has 0 amide bonds. The summed E-state index contributed by atoms with van der Waals surface area (Å²) < 4.78 is 0. The van der Waals surface area contributed by atoms with Crippen LogP contribution < -0.4 is 10.2 Å². The molecule has 0 saturated heterocycles. The van der Waals surface area contributed by atoms with Crippen LogP contribution in [0, 0.1) is 6.07 Å². The van der Waals surface area contributed by atoms with Gasteiger partial charge in [-0.1, -0.05) is 82.7 Å². The van der Waals surface area contributed by atoms with E-state index in [-0.39, 0.29) is 35.1 Å². The second-order valence-electron chi connectivity index (χ2n) is 5.51. The molecule has 1 heterocycles. The predicted molar refractivity (Wildman–Crippen MR) is 90.2 cm³/mol. The molecule has 0 fully saturated rings. The number of benzene rings is 1. The van der Waals surface area contributed by atoms with E-state index in [1.54, 1.807) is 18.2 Å². The predicted octanol–water partition coefficient (Wildman–Crippen LogP) is 2.26. The summed E-state index contributed by atoms with van der Waals surface area (Å²) in [5.41, 5.74) is -1.67. The maximum atomic E-state index is 11.6. The third kappa shape index (κ3) is 8.58. The van der Waals surface area contributed by atoms with Gasteiger partial charge in [-0.3, -0.25) is 4.98 Å². The zero-order valence-electron chi connectivity index (χ0n) is 12.8. The molecule has 0 aliphatic carbocycles. The van der Waals surface area contributed by atoms with Crippen molar-refractivity contribution in [2.24, 2.45) is 0 Å². The summed E-state index contributed by atoms with van der Waals surface area (Å²) in [4.78, 5) is 4.09. The third-order valence-electron chi connectivity index (χ3n) is 2.59. The van der Waals surface area contributed by atoms with Gasteiger partial charge in [0.1, 0.15) is 0 Å². The summed E-state index contributed by atoms with van der Waals surface area (Å²) in [6.07, 6.45) is 0. The van der Waals surface area contributed by atoms with Crippen molar-refractivity contribution in [1.82, 2.24) is 4.98 Å². The summed E-state index contributed by atoms with van der Waals surface area (Å²) in [7, 11) is 0. The number of hydrogen-bond donors (Lipinski definition) is 0. The van der Waals surface area contributed by atoms with E-state index < -0.39 is 11.2 Å². The molecular formula is C18H26BiNO2. The fraction of sp³-hybridized carbons (Fsp3) is 0.389. The van der Waals surface area contributed by atoms with Crippen LogP contribution in [0.2, 0.25) is 0 Å². The average molecular weight is 497 g/mol. The van der Waals surface area contributed by atoms with E-state index in [2.05, 4.69) is 11.1 Å². The van der Waals surface area contributed by atoms with E-state index in [1.807, 2.05) is 30.3 Å². The molecule has 2 aromatic rings. The van der Waals surface area contributed by atoms with Crippen molar-refractivity contribution in [3.05, 3.63) is 66.0 Å². The Morgan fingerprint density at radius 3 is 1.50 bits per heavy atom. The van der Waals surface area contributed by atoms with E-state index >= 15 is 0 Å². The fourth-order valence-corrected chi connectivity index (χ4v) is 1.45. The van der Waals surface area contributed by atoms with Crippen LogP contribution in [0.25, 0.3) is 0 Å². The molecule has 1 aromatic heterocycles. The topological polar surface area (TPSA) is 59.0 Å². The molecule has 4 heteroatoms. The Morgan fingerprint density at radius 2 is 1.27 bits per heavy atom. The Labute approximate surface area is 155 Å². The first-order chi connectivity index (χ1) is 9.21.